The zero-order chi connectivity index (χ0) is 35.3. The maximum absolute atomic E-state index is 13.0. The largest absolute Gasteiger partial charge is 0.444 e. The lowest BCUT2D eigenvalue weighted by molar-refractivity contribution is 0.0138. The Hall–Kier alpha value is -4.78. The van der Waals surface area contributed by atoms with Gasteiger partial charge in [-0.2, -0.15) is 0 Å². The molecule has 6 rings (SSSR count). The molecule has 0 saturated carbocycles. The fraction of sp³-hybridized carbons (Fsp3) is 0.487. The topological polar surface area (TPSA) is 98.4 Å². The highest BCUT2D eigenvalue weighted by molar-refractivity contribution is 5.79. The number of carbonyl (C=O) groups is 2. The number of benzene rings is 2. The molecule has 0 radical (unpaired) electrons. The Morgan fingerprint density at radius 1 is 0.939 bits per heavy atom. The van der Waals surface area contributed by atoms with Gasteiger partial charge in [-0.1, -0.05) is 36.1 Å². The van der Waals surface area contributed by atoms with Crippen LogP contribution in [0.2, 0.25) is 0 Å². The summed E-state index contributed by atoms with van der Waals surface area (Å²) in [5, 5.41) is 10.8. The highest BCUT2D eigenvalue weighted by atomic mass is 16.6. The molecule has 260 valence electrons. The van der Waals surface area contributed by atoms with Gasteiger partial charge in [-0.05, 0) is 104 Å². The minimum absolute atomic E-state index is 0.0420. The monoisotopic (exact) mass is 666 g/mol. The van der Waals surface area contributed by atoms with Crippen molar-refractivity contribution in [3.05, 3.63) is 77.5 Å². The third kappa shape index (κ3) is 7.31. The van der Waals surface area contributed by atoms with Gasteiger partial charge in [0, 0.05) is 37.5 Å². The number of fused-ring (bicyclic) bond motifs is 1. The van der Waals surface area contributed by atoms with E-state index in [-0.39, 0.29) is 30.4 Å². The Balaban J connectivity index is 1.09. The summed E-state index contributed by atoms with van der Waals surface area (Å²) in [6.45, 7) is 18.8. The molecular weight excluding hydrogens is 616 g/mol. The molecule has 0 bridgehead atoms. The molecular formula is C39H50N6O4. The molecule has 2 aromatic carbocycles. The predicted octanol–water partition coefficient (Wildman–Crippen LogP) is 6.45. The third-order valence-electron chi connectivity index (χ3n) is 9.39. The lowest BCUT2D eigenvalue weighted by Gasteiger charge is -2.39. The van der Waals surface area contributed by atoms with E-state index in [1.807, 2.05) is 77.9 Å². The molecule has 3 N–H and O–H groups in total. The SMILES string of the molecule is C=C1C[C@@H](C2Nc3cc(C#Cc4ccc(C5=CNC(C)([C@@H]6CCCN6C(=O)OC(C)(C)C)N5)cc4)ccc3N2C)N(C(=O)OC(C)(C)C)C1. The van der Waals surface area contributed by atoms with E-state index in [0.29, 0.717) is 19.5 Å². The van der Waals surface area contributed by atoms with Crippen LogP contribution in [0.15, 0.2) is 60.8 Å². The number of ether oxygens (including phenoxy) is 2. The van der Waals surface area contributed by atoms with Crippen LogP contribution < -0.4 is 20.9 Å². The fourth-order valence-corrected chi connectivity index (χ4v) is 7.12. The summed E-state index contributed by atoms with van der Waals surface area (Å²) >= 11 is 0. The van der Waals surface area contributed by atoms with E-state index in [0.717, 1.165) is 52.2 Å². The average Bonchev–Trinajstić information content (AvgIpc) is 3.80. The number of hydrogen-bond donors (Lipinski definition) is 3. The molecule has 0 aliphatic carbocycles. The molecule has 2 fully saturated rings. The van der Waals surface area contributed by atoms with Crippen LogP contribution in [0, 0.1) is 11.8 Å². The summed E-state index contributed by atoms with van der Waals surface area (Å²) in [6.07, 6.45) is 3.83. The summed E-state index contributed by atoms with van der Waals surface area (Å²) in [5.74, 6) is 6.63. The first-order chi connectivity index (χ1) is 23.0. The van der Waals surface area contributed by atoms with Gasteiger partial charge in [-0.3, -0.25) is 4.90 Å². The van der Waals surface area contributed by atoms with Gasteiger partial charge in [0.05, 0.1) is 29.2 Å². The van der Waals surface area contributed by atoms with Crippen LogP contribution in [0.3, 0.4) is 0 Å². The van der Waals surface area contributed by atoms with Crippen LogP contribution in [-0.2, 0) is 9.47 Å². The quantitative estimate of drug-likeness (QED) is 0.254. The van der Waals surface area contributed by atoms with Gasteiger partial charge in [-0.15, -0.1) is 0 Å². The molecule has 4 aliphatic heterocycles. The number of amides is 2. The maximum Gasteiger partial charge on any atom is 0.410 e. The van der Waals surface area contributed by atoms with Crippen LogP contribution >= 0.6 is 0 Å². The van der Waals surface area contributed by atoms with E-state index in [1.54, 1.807) is 4.90 Å². The number of anilines is 2. The lowest BCUT2D eigenvalue weighted by atomic mass is 10.00. The molecule has 49 heavy (non-hydrogen) atoms. The second kappa shape index (κ2) is 12.6. The van der Waals surface area contributed by atoms with Gasteiger partial charge in [0.25, 0.3) is 0 Å². The van der Waals surface area contributed by atoms with Crippen LogP contribution in [0.4, 0.5) is 21.0 Å². The third-order valence-corrected chi connectivity index (χ3v) is 9.39. The Labute approximate surface area is 290 Å². The minimum atomic E-state index is -0.567. The number of nitrogens with zero attached hydrogens (tertiary/aromatic N) is 3. The summed E-state index contributed by atoms with van der Waals surface area (Å²) in [6, 6.07) is 14.2. The molecule has 2 unspecified atom stereocenters. The van der Waals surface area contributed by atoms with E-state index < -0.39 is 16.9 Å². The highest BCUT2D eigenvalue weighted by Crippen LogP contribution is 2.39. The van der Waals surface area contributed by atoms with Crippen molar-refractivity contribution in [3.63, 3.8) is 0 Å². The van der Waals surface area contributed by atoms with E-state index in [9.17, 15) is 9.59 Å². The van der Waals surface area contributed by atoms with Gasteiger partial charge in [0.2, 0.25) is 0 Å². The molecule has 10 nitrogen and oxygen atoms in total. The second-order valence-electron chi connectivity index (χ2n) is 15.8. The van der Waals surface area contributed by atoms with Crippen molar-refractivity contribution in [1.82, 2.24) is 20.4 Å². The van der Waals surface area contributed by atoms with Crippen molar-refractivity contribution in [2.24, 2.45) is 0 Å². The van der Waals surface area contributed by atoms with E-state index in [4.69, 9.17) is 9.47 Å². The predicted molar refractivity (Wildman–Crippen MR) is 194 cm³/mol. The Kier molecular flexibility index (Phi) is 8.76. The summed E-state index contributed by atoms with van der Waals surface area (Å²) < 4.78 is 11.4. The van der Waals surface area contributed by atoms with Crippen LogP contribution in [0.25, 0.3) is 5.70 Å². The van der Waals surface area contributed by atoms with E-state index in [1.165, 1.54) is 0 Å². The van der Waals surface area contributed by atoms with Crippen LogP contribution in [-0.4, -0.2) is 77.2 Å². The lowest BCUT2D eigenvalue weighted by Crippen LogP contribution is -2.61. The van der Waals surface area contributed by atoms with Crippen molar-refractivity contribution in [3.8, 4) is 11.8 Å². The Morgan fingerprint density at radius 2 is 1.57 bits per heavy atom. The van der Waals surface area contributed by atoms with E-state index in [2.05, 4.69) is 70.5 Å². The van der Waals surface area contributed by atoms with E-state index >= 15 is 0 Å². The van der Waals surface area contributed by atoms with Crippen molar-refractivity contribution >= 4 is 29.3 Å². The molecule has 2 saturated heterocycles. The molecule has 0 aromatic heterocycles. The standard InChI is InChI=1S/C39H50N6O4/c1-25-21-32(45(24-25)36(47)49-38(5,6)7)34-41-29-22-27(16-19-31(29)43(34)9)13-12-26-14-17-28(18-15-26)30-23-40-39(8,42-30)33-11-10-20-44(33)35(46)48-37(2,3)4/h14-19,22-23,32-34,40-42H,1,10-11,20-21,24H2,2-9H3/t32-,33-,34?,39?/m0/s1. The van der Waals surface area contributed by atoms with Crippen molar-refractivity contribution in [1.29, 1.82) is 0 Å². The maximum atomic E-state index is 13.0. The Bertz CT molecular complexity index is 1730. The zero-order valence-corrected chi connectivity index (χ0v) is 30.1. The first kappa shape index (κ1) is 34.1. The number of rotatable bonds is 3. The van der Waals surface area contributed by atoms with Gasteiger partial charge in [0.15, 0.2) is 0 Å². The van der Waals surface area contributed by atoms with Gasteiger partial charge in [-0.25, -0.2) is 9.59 Å². The minimum Gasteiger partial charge on any atom is -0.444 e. The highest BCUT2D eigenvalue weighted by Gasteiger charge is 2.46. The van der Waals surface area contributed by atoms with Crippen molar-refractivity contribution in [2.75, 3.05) is 30.4 Å². The van der Waals surface area contributed by atoms with Gasteiger partial charge in [0.1, 0.15) is 23.0 Å². The summed E-state index contributed by atoms with van der Waals surface area (Å²) in [5.41, 5.74) is 5.27. The van der Waals surface area contributed by atoms with Crippen LogP contribution in [0.1, 0.15) is 84.4 Å². The smallest absolute Gasteiger partial charge is 0.410 e. The molecule has 4 atom stereocenters. The first-order valence-corrected chi connectivity index (χ1v) is 17.2. The zero-order valence-electron chi connectivity index (χ0n) is 30.1. The van der Waals surface area contributed by atoms with Crippen molar-refractivity contribution in [2.45, 2.75) is 103 Å². The molecule has 2 aromatic rings. The molecule has 2 amide bonds. The number of likely N-dealkylation sites (tertiary alicyclic amines) is 2. The second-order valence-corrected chi connectivity index (χ2v) is 15.8. The average molecular weight is 667 g/mol. The molecule has 4 aliphatic rings. The number of carbonyl (C=O) groups excluding carboxylic acids is 2. The Morgan fingerprint density at radius 3 is 2.24 bits per heavy atom. The number of likely N-dealkylation sites (N-methyl/N-ethyl adjacent to an activating group) is 1. The molecule has 4 heterocycles. The van der Waals surface area contributed by atoms with Gasteiger partial charge >= 0.3 is 12.2 Å². The number of hydrogen-bond acceptors (Lipinski definition) is 8. The summed E-state index contributed by atoms with van der Waals surface area (Å²) in [7, 11) is 2.04. The van der Waals surface area contributed by atoms with Gasteiger partial charge < -0.3 is 35.2 Å². The van der Waals surface area contributed by atoms with Crippen molar-refractivity contribution < 1.29 is 19.1 Å². The fourth-order valence-electron chi connectivity index (χ4n) is 7.12. The first-order valence-electron chi connectivity index (χ1n) is 17.2. The number of nitrogens with one attached hydrogen (secondary N) is 3. The molecule has 0 spiro atoms. The van der Waals surface area contributed by atoms with Crippen LogP contribution in [0.5, 0.6) is 0 Å². The normalized spacial score (nSPS) is 24.7. The molecule has 10 heteroatoms. The summed E-state index contributed by atoms with van der Waals surface area (Å²) in [4.78, 5) is 31.8.